The Bertz CT molecular complexity index is 506. The van der Waals surface area contributed by atoms with Crippen LogP contribution in [0.15, 0.2) is 12.4 Å². The summed E-state index contributed by atoms with van der Waals surface area (Å²) in [6, 6.07) is -1.56. The van der Waals surface area contributed by atoms with Crippen LogP contribution in [-0.4, -0.2) is 39.7 Å². The summed E-state index contributed by atoms with van der Waals surface area (Å²) in [7, 11) is 1.49. The molecule has 0 aliphatic carbocycles. The van der Waals surface area contributed by atoms with Gasteiger partial charge in [0.25, 0.3) is 5.91 Å². The van der Waals surface area contributed by atoms with Gasteiger partial charge >= 0.3 is 12.3 Å². The first kappa shape index (κ1) is 16.4. The molecule has 1 aromatic rings. The van der Waals surface area contributed by atoms with Gasteiger partial charge in [0, 0.05) is 18.8 Å². The van der Waals surface area contributed by atoms with E-state index in [9.17, 15) is 27.2 Å². The molecule has 0 aromatic carbocycles. The molecule has 0 bridgehead atoms. The van der Waals surface area contributed by atoms with Crippen LogP contribution < -0.4 is 5.32 Å². The van der Waals surface area contributed by atoms with Crippen LogP contribution in [0.3, 0.4) is 0 Å². The molecule has 1 heterocycles. The SMILES string of the molecule is Cn1cc(C(NC(=O)C(F)(F)C(F)F)C(=O)CCl)cn1. The van der Waals surface area contributed by atoms with Crippen LogP contribution in [0, 0.1) is 0 Å². The smallest absolute Gasteiger partial charge is 0.337 e. The Morgan fingerprint density at radius 3 is 2.50 bits per heavy atom. The molecular weight excluding hydrogens is 306 g/mol. The average molecular weight is 316 g/mol. The molecule has 1 N–H and O–H groups in total. The summed E-state index contributed by atoms with van der Waals surface area (Å²) in [4.78, 5) is 22.7. The summed E-state index contributed by atoms with van der Waals surface area (Å²) in [5, 5.41) is 5.26. The number of amides is 1. The highest BCUT2D eigenvalue weighted by Crippen LogP contribution is 2.25. The van der Waals surface area contributed by atoms with Crippen molar-refractivity contribution in [1.29, 1.82) is 0 Å². The van der Waals surface area contributed by atoms with E-state index < -0.39 is 36.0 Å². The molecule has 1 aromatic heterocycles. The van der Waals surface area contributed by atoms with Gasteiger partial charge in [0.15, 0.2) is 5.78 Å². The molecule has 0 radical (unpaired) electrons. The fourth-order valence-electron chi connectivity index (χ4n) is 1.34. The molecule has 0 spiro atoms. The minimum Gasteiger partial charge on any atom is -0.337 e. The zero-order valence-corrected chi connectivity index (χ0v) is 10.9. The lowest BCUT2D eigenvalue weighted by Gasteiger charge is -2.19. The molecule has 0 saturated carbocycles. The molecule has 20 heavy (non-hydrogen) atoms. The molecule has 0 fully saturated rings. The third kappa shape index (κ3) is 3.47. The van der Waals surface area contributed by atoms with Gasteiger partial charge in [-0.2, -0.15) is 13.9 Å². The second-order valence-corrected chi connectivity index (χ2v) is 4.14. The van der Waals surface area contributed by atoms with Crippen molar-refractivity contribution >= 4 is 23.3 Å². The van der Waals surface area contributed by atoms with Crippen LogP contribution in [0.4, 0.5) is 17.6 Å². The van der Waals surface area contributed by atoms with Crippen molar-refractivity contribution in [2.45, 2.75) is 18.4 Å². The summed E-state index contributed by atoms with van der Waals surface area (Å²) >= 11 is 5.30. The lowest BCUT2D eigenvalue weighted by atomic mass is 10.1. The maximum absolute atomic E-state index is 12.9. The van der Waals surface area contributed by atoms with E-state index in [4.69, 9.17) is 11.6 Å². The van der Waals surface area contributed by atoms with Crippen molar-refractivity contribution in [3.8, 4) is 0 Å². The number of nitrogens with one attached hydrogen (secondary N) is 1. The number of rotatable bonds is 6. The van der Waals surface area contributed by atoms with Crippen LogP contribution >= 0.6 is 11.6 Å². The van der Waals surface area contributed by atoms with Crippen molar-refractivity contribution < 1.29 is 27.2 Å². The third-order valence-corrected chi connectivity index (χ3v) is 2.63. The predicted octanol–water partition coefficient (Wildman–Crippen LogP) is 1.29. The van der Waals surface area contributed by atoms with Gasteiger partial charge in [0.05, 0.1) is 12.1 Å². The first-order chi connectivity index (χ1) is 9.20. The van der Waals surface area contributed by atoms with E-state index in [0.29, 0.717) is 0 Å². The molecule has 0 aliphatic heterocycles. The van der Waals surface area contributed by atoms with E-state index in [1.165, 1.54) is 17.9 Å². The van der Waals surface area contributed by atoms with Crippen LogP contribution in [0.25, 0.3) is 0 Å². The second kappa shape index (κ2) is 6.21. The van der Waals surface area contributed by atoms with Crippen molar-refractivity contribution in [3.05, 3.63) is 18.0 Å². The first-order valence-corrected chi connectivity index (χ1v) is 5.77. The Morgan fingerprint density at radius 1 is 1.50 bits per heavy atom. The molecule has 5 nitrogen and oxygen atoms in total. The van der Waals surface area contributed by atoms with E-state index in [1.54, 1.807) is 5.32 Å². The number of hydrogen-bond donors (Lipinski definition) is 1. The zero-order valence-electron chi connectivity index (χ0n) is 10.1. The van der Waals surface area contributed by atoms with Gasteiger partial charge in [-0.05, 0) is 0 Å². The molecule has 1 amide bonds. The summed E-state index contributed by atoms with van der Waals surface area (Å²) < 4.78 is 51.1. The van der Waals surface area contributed by atoms with Crippen LogP contribution in [0.1, 0.15) is 11.6 Å². The summed E-state index contributed by atoms with van der Waals surface area (Å²) in [6.07, 6.45) is -1.77. The fourth-order valence-corrected chi connectivity index (χ4v) is 1.50. The van der Waals surface area contributed by atoms with Crippen molar-refractivity contribution in [1.82, 2.24) is 15.1 Å². The van der Waals surface area contributed by atoms with Crippen LogP contribution in [0.5, 0.6) is 0 Å². The number of nitrogens with zero attached hydrogens (tertiary/aromatic N) is 2. The molecule has 112 valence electrons. The molecule has 1 rings (SSSR count). The lowest BCUT2D eigenvalue weighted by Crippen LogP contribution is -2.48. The number of aromatic nitrogens is 2. The normalized spacial score (nSPS) is 13.3. The molecule has 0 aliphatic rings. The number of carbonyl (C=O) groups is 2. The maximum Gasteiger partial charge on any atom is 0.383 e. The summed E-state index contributed by atoms with van der Waals surface area (Å²) in [5.74, 6) is -8.55. The number of Topliss-reactive ketones (excluding diaryl/α,β-unsaturated/α-hetero) is 1. The Morgan fingerprint density at radius 2 is 2.10 bits per heavy atom. The Balaban J connectivity index is 2.98. The van der Waals surface area contributed by atoms with E-state index >= 15 is 0 Å². The summed E-state index contributed by atoms with van der Waals surface area (Å²) in [5.41, 5.74) is 0.0663. The summed E-state index contributed by atoms with van der Waals surface area (Å²) in [6.45, 7) is 0. The highest BCUT2D eigenvalue weighted by Gasteiger charge is 2.50. The van der Waals surface area contributed by atoms with Crippen molar-refractivity contribution in [2.24, 2.45) is 7.05 Å². The largest absolute Gasteiger partial charge is 0.383 e. The zero-order chi connectivity index (χ0) is 15.5. The van der Waals surface area contributed by atoms with E-state index in [2.05, 4.69) is 5.10 Å². The van der Waals surface area contributed by atoms with Gasteiger partial charge in [0.1, 0.15) is 6.04 Å². The Kier molecular flexibility index (Phi) is 5.09. The average Bonchev–Trinajstić information content (AvgIpc) is 2.80. The molecule has 1 atom stereocenters. The number of hydrogen-bond acceptors (Lipinski definition) is 3. The lowest BCUT2D eigenvalue weighted by molar-refractivity contribution is -0.170. The maximum atomic E-state index is 12.9. The number of aryl methyl sites for hydroxylation is 1. The standard InChI is InChI=1S/C10H10ClF4N3O2/c1-18-4-5(3-16-18)7(6(19)2-11)17-9(20)10(14,15)8(12)13/h3-4,7-8H,2H2,1H3,(H,17,20). The van der Waals surface area contributed by atoms with Gasteiger partial charge in [-0.3, -0.25) is 14.3 Å². The highest BCUT2D eigenvalue weighted by atomic mass is 35.5. The number of carbonyl (C=O) groups excluding carboxylic acids is 2. The number of halogens is 5. The van der Waals surface area contributed by atoms with Gasteiger partial charge in [-0.1, -0.05) is 0 Å². The second-order valence-electron chi connectivity index (χ2n) is 3.88. The van der Waals surface area contributed by atoms with E-state index in [1.807, 2.05) is 0 Å². The van der Waals surface area contributed by atoms with E-state index in [-0.39, 0.29) is 5.56 Å². The quantitative estimate of drug-likeness (QED) is 0.635. The van der Waals surface area contributed by atoms with Crippen molar-refractivity contribution in [3.63, 3.8) is 0 Å². The molecule has 0 saturated heterocycles. The monoisotopic (exact) mass is 315 g/mol. The van der Waals surface area contributed by atoms with Crippen molar-refractivity contribution in [2.75, 3.05) is 5.88 Å². The van der Waals surface area contributed by atoms with Crippen LogP contribution in [-0.2, 0) is 16.6 Å². The van der Waals surface area contributed by atoms with Gasteiger partial charge < -0.3 is 5.32 Å². The number of alkyl halides is 5. The molecular formula is C10H10ClF4N3O2. The topological polar surface area (TPSA) is 64.0 Å². The number of ketones is 1. The molecule has 10 heteroatoms. The third-order valence-electron chi connectivity index (χ3n) is 2.36. The molecule has 1 unspecified atom stereocenters. The first-order valence-electron chi connectivity index (χ1n) is 5.24. The van der Waals surface area contributed by atoms with Gasteiger partial charge in [-0.15, -0.1) is 11.6 Å². The predicted molar refractivity (Wildman–Crippen MR) is 60.8 cm³/mol. The van der Waals surface area contributed by atoms with Crippen LogP contribution in [0.2, 0.25) is 0 Å². The van der Waals surface area contributed by atoms with Gasteiger partial charge in [-0.25, -0.2) is 8.78 Å². The Hall–Kier alpha value is -1.64. The van der Waals surface area contributed by atoms with Gasteiger partial charge in [0.2, 0.25) is 0 Å². The van der Waals surface area contributed by atoms with E-state index in [0.717, 1.165) is 6.20 Å². The minimum atomic E-state index is -4.90. The fraction of sp³-hybridized carbons (Fsp3) is 0.500. The highest BCUT2D eigenvalue weighted by molar-refractivity contribution is 6.28. The minimum absolute atomic E-state index is 0.0663. The Labute approximate surface area is 115 Å².